The number of aliphatic hydroxyl groups excluding tert-OH is 1. The van der Waals surface area contributed by atoms with Gasteiger partial charge in [-0.2, -0.15) is 0 Å². The summed E-state index contributed by atoms with van der Waals surface area (Å²) in [5.74, 6) is 0.890. The second-order valence-corrected chi connectivity index (χ2v) is 16.7. The number of aliphatic hydroxyl groups is 1. The molecule has 1 aromatic carbocycles. The SMILES string of the molecule is CC=Cc1cc(CCCCCCCCC)ccc1OC(C)COC(C)COC(C)COC(C)COC(C)COC(C)COC(C)COC(C)COC(C)COC(C)CO. The normalized spacial score (nSPS) is 17.3. The number of hydrogen-bond acceptors (Lipinski definition) is 11. The molecule has 1 N–H and O–H groups in total. The predicted octanol–water partition coefficient (Wildman–Crippen LogP) is 9.42. The van der Waals surface area contributed by atoms with Gasteiger partial charge >= 0.3 is 0 Å². The van der Waals surface area contributed by atoms with E-state index in [1.54, 1.807) is 0 Å². The van der Waals surface area contributed by atoms with E-state index in [2.05, 4.69) is 37.3 Å². The number of allylic oxidation sites excluding steroid dienone is 1. The van der Waals surface area contributed by atoms with Crippen molar-refractivity contribution in [1.29, 1.82) is 0 Å². The van der Waals surface area contributed by atoms with Crippen molar-refractivity contribution in [1.82, 2.24) is 0 Å². The molecule has 346 valence electrons. The topological polar surface area (TPSA) is 113 Å². The number of hydrogen-bond donors (Lipinski definition) is 1. The van der Waals surface area contributed by atoms with Crippen molar-refractivity contribution in [3.63, 3.8) is 0 Å². The fraction of sp³-hybridized carbons (Fsp3) is 0.833. The maximum Gasteiger partial charge on any atom is 0.127 e. The first kappa shape index (κ1) is 55.4. The van der Waals surface area contributed by atoms with Gasteiger partial charge in [0, 0.05) is 5.56 Å². The molecule has 11 nitrogen and oxygen atoms in total. The van der Waals surface area contributed by atoms with Crippen LogP contribution in [0.25, 0.3) is 6.08 Å². The standard InChI is InChI=1S/C48H88O11/c1-13-15-16-17-18-19-20-22-46-23-24-48(47(25-46)21-14-2)59-45(12)35-58-44(11)34-57-43(10)33-56-42(9)32-55-41(8)31-54-40(7)30-53-39(6)29-52-38(5)28-51-37(4)27-50-36(3)26-49/h14,21,23-25,36-45,49H,13,15-20,22,26-35H2,1-12H3. The van der Waals surface area contributed by atoms with Crippen LogP contribution in [0.1, 0.15) is 139 Å². The zero-order chi connectivity index (χ0) is 43.8. The summed E-state index contributed by atoms with van der Waals surface area (Å²) < 4.78 is 59.5. The van der Waals surface area contributed by atoms with Gasteiger partial charge in [-0.05, 0) is 107 Å². The molecule has 0 saturated carbocycles. The van der Waals surface area contributed by atoms with E-state index in [9.17, 15) is 0 Å². The molecule has 10 unspecified atom stereocenters. The van der Waals surface area contributed by atoms with Crippen LogP contribution >= 0.6 is 0 Å². The highest BCUT2D eigenvalue weighted by atomic mass is 16.6. The highest BCUT2D eigenvalue weighted by Gasteiger charge is 2.16. The van der Waals surface area contributed by atoms with Gasteiger partial charge in [0.15, 0.2) is 0 Å². The van der Waals surface area contributed by atoms with Crippen LogP contribution in [0, 0.1) is 0 Å². The van der Waals surface area contributed by atoms with Crippen LogP contribution in [0.2, 0.25) is 0 Å². The zero-order valence-electron chi connectivity index (χ0n) is 39.4. The minimum Gasteiger partial charge on any atom is -0.488 e. The minimum atomic E-state index is -0.195. The van der Waals surface area contributed by atoms with Crippen LogP contribution in [0.15, 0.2) is 24.3 Å². The summed E-state index contributed by atoms with van der Waals surface area (Å²) in [7, 11) is 0. The molecule has 0 aliphatic heterocycles. The Bertz CT molecular complexity index is 1150. The molecule has 10 atom stereocenters. The molecule has 0 radical (unpaired) electrons. The average molecular weight is 841 g/mol. The van der Waals surface area contributed by atoms with Crippen LogP contribution < -0.4 is 4.74 Å². The largest absolute Gasteiger partial charge is 0.488 e. The summed E-state index contributed by atoms with van der Waals surface area (Å²) in [4.78, 5) is 0. The second-order valence-electron chi connectivity index (χ2n) is 16.7. The third-order valence-electron chi connectivity index (χ3n) is 9.61. The lowest BCUT2D eigenvalue weighted by Crippen LogP contribution is -2.31. The minimum absolute atomic E-state index is 0.00403. The molecule has 59 heavy (non-hydrogen) atoms. The Morgan fingerprint density at radius 3 is 1.15 bits per heavy atom. The van der Waals surface area contributed by atoms with Crippen molar-refractivity contribution in [2.45, 2.75) is 195 Å². The third-order valence-corrected chi connectivity index (χ3v) is 9.61. The Kier molecular flexibility index (Phi) is 32.7. The monoisotopic (exact) mass is 841 g/mol. The summed E-state index contributed by atoms with van der Waals surface area (Å²) >= 11 is 0. The Hall–Kier alpha value is -1.64. The number of benzene rings is 1. The van der Waals surface area contributed by atoms with Crippen LogP contribution in [0.4, 0.5) is 0 Å². The molecule has 0 fully saturated rings. The van der Waals surface area contributed by atoms with E-state index < -0.39 is 0 Å². The maximum absolute atomic E-state index is 9.07. The molecule has 0 aliphatic rings. The van der Waals surface area contributed by atoms with E-state index in [0.717, 1.165) is 17.7 Å². The van der Waals surface area contributed by atoms with Gasteiger partial charge in [0.1, 0.15) is 11.9 Å². The van der Waals surface area contributed by atoms with Gasteiger partial charge in [0.05, 0.1) is 121 Å². The number of ether oxygens (including phenoxy) is 10. The third kappa shape index (κ3) is 30.1. The fourth-order valence-corrected chi connectivity index (χ4v) is 5.84. The van der Waals surface area contributed by atoms with Crippen LogP contribution in [-0.2, 0) is 49.1 Å². The molecule has 1 rings (SSSR count). The van der Waals surface area contributed by atoms with Crippen LogP contribution in [-0.4, -0.2) is 132 Å². The Morgan fingerprint density at radius 2 is 0.797 bits per heavy atom. The van der Waals surface area contributed by atoms with Gasteiger partial charge in [0.25, 0.3) is 0 Å². The smallest absolute Gasteiger partial charge is 0.127 e. The Morgan fingerprint density at radius 1 is 0.458 bits per heavy atom. The lowest BCUT2D eigenvalue weighted by Gasteiger charge is -2.23. The Balaban J connectivity index is 2.20. The number of rotatable bonds is 39. The molecule has 0 heterocycles. The number of aryl methyl sites for hydroxylation is 1. The zero-order valence-corrected chi connectivity index (χ0v) is 39.4. The first-order valence-corrected chi connectivity index (χ1v) is 22.8. The van der Waals surface area contributed by atoms with Crippen molar-refractivity contribution < 1.29 is 52.5 Å². The summed E-state index contributed by atoms with van der Waals surface area (Å²) in [5, 5.41) is 9.07. The summed E-state index contributed by atoms with van der Waals surface area (Å²) in [6, 6.07) is 6.58. The molecule has 0 spiro atoms. The van der Waals surface area contributed by atoms with E-state index in [4.69, 9.17) is 52.5 Å². The van der Waals surface area contributed by atoms with E-state index >= 15 is 0 Å². The molecule has 0 aliphatic carbocycles. The first-order valence-electron chi connectivity index (χ1n) is 22.8. The van der Waals surface area contributed by atoms with Gasteiger partial charge in [-0.25, -0.2) is 0 Å². The molecule has 0 amide bonds. The van der Waals surface area contributed by atoms with Crippen LogP contribution in [0.5, 0.6) is 5.75 Å². The molecular weight excluding hydrogens is 753 g/mol. The van der Waals surface area contributed by atoms with Gasteiger partial charge in [-0.15, -0.1) is 0 Å². The van der Waals surface area contributed by atoms with Crippen molar-refractivity contribution in [3.8, 4) is 5.75 Å². The summed E-state index contributed by atoms with van der Waals surface area (Å²) in [6.07, 6.45) is 13.6. The van der Waals surface area contributed by atoms with E-state index in [-0.39, 0.29) is 67.6 Å². The lowest BCUT2D eigenvalue weighted by atomic mass is 10.0. The van der Waals surface area contributed by atoms with Gasteiger partial charge < -0.3 is 52.5 Å². The average Bonchev–Trinajstić information content (AvgIpc) is 3.22. The van der Waals surface area contributed by atoms with Crippen molar-refractivity contribution in [2.75, 3.05) is 66.1 Å². The molecule has 0 saturated heterocycles. The summed E-state index contributed by atoms with van der Waals surface area (Å²) in [6.45, 7) is 28.2. The second kappa shape index (κ2) is 34.9. The Labute approximate surface area is 360 Å². The lowest BCUT2D eigenvalue weighted by molar-refractivity contribution is -0.111. The highest BCUT2D eigenvalue weighted by Crippen LogP contribution is 2.24. The van der Waals surface area contributed by atoms with Crippen LogP contribution in [0.3, 0.4) is 0 Å². The van der Waals surface area contributed by atoms with E-state index in [1.165, 1.54) is 50.5 Å². The highest BCUT2D eigenvalue weighted by molar-refractivity contribution is 5.58. The van der Waals surface area contributed by atoms with Gasteiger partial charge in [-0.1, -0.05) is 63.7 Å². The fourth-order valence-electron chi connectivity index (χ4n) is 5.84. The van der Waals surface area contributed by atoms with E-state index in [1.807, 2.05) is 76.2 Å². The molecular formula is C48H88O11. The van der Waals surface area contributed by atoms with Crippen molar-refractivity contribution >= 4 is 6.08 Å². The van der Waals surface area contributed by atoms with Crippen molar-refractivity contribution in [2.24, 2.45) is 0 Å². The quantitative estimate of drug-likeness (QED) is 0.0640. The van der Waals surface area contributed by atoms with E-state index in [0.29, 0.717) is 59.5 Å². The molecule has 0 aromatic heterocycles. The van der Waals surface area contributed by atoms with Gasteiger partial charge in [-0.3, -0.25) is 0 Å². The first-order chi connectivity index (χ1) is 28.3. The maximum atomic E-state index is 9.07. The van der Waals surface area contributed by atoms with Gasteiger partial charge in [0.2, 0.25) is 0 Å². The van der Waals surface area contributed by atoms with Crippen molar-refractivity contribution in [3.05, 3.63) is 35.4 Å². The predicted molar refractivity (Wildman–Crippen MR) is 239 cm³/mol. The number of unbranched alkanes of at least 4 members (excludes halogenated alkanes) is 6. The molecule has 11 heteroatoms. The molecule has 1 aromatic rings. The summed E-state index contributed by atoms with van der Waals surface area (Å²) in [5.41, 5.74) is 2.49. The molecule has 0 bridgehead atoms.